The molecule has 0 amide bonds. The third-order valence-corrected chi connectivity index (χ3v) is 3.65. The molecule has 0 unspecified atom stereocenters. The number of rotatable bonds is 5. The molecule has 0 bridgehead atoms. The molecule has 1 fully saturated rings. The molecule has 0 aromatic rings. The zero-order valence-electron chi connectivity index (χ0n) is 12.3. The van der Waals surface area contributed by atoms with E-state index in [1.807, 2.05) is 13.8 Å². The summed E-state index contributed by atoms with van der Waals surface area (Å²) in [5.41, 5.74) is 0. The van der Waals surface area contributed by atoms with Gasteiger partial charge >= 0.3 is 0 Å². The smallest absolute Gasteiger partial charge is 0.00160 e. The van der Waals surface area contributed by atoms with E-state index in [1.54, 1.807) is 0 Å². The molecule has 0 saturated carbocycles. The van der Waals surface area contributed by atoms with Crippen molar-refractivity contribution in [2.24, 2.45) is 11.8 Å². The molecule has 0 atom stereocenters. The molecule has 1 heterocycles. The number of likely N-dealkylation sites (tertiary alicyclic amines) is 1. The van der Waals surface area contributed by atoms with E-state index in [9.17, 15) is 0 Å². The summed E-state index contributed by atoms with van der Waals surface area (Å²) in [5.74, 6) is 1.89. The van der Waals surface area contributed by atoms with E-state index in [1.165, 1.54) is 51.7 Å². The van der Waals surface area contributed by atoms with E-state index >= 15 is 0 Å². The predicted octanol–water partition coefficient (Wildman–Crippen LogP) is 4.57. The summed E-state index contributed by atoms with van der Waals surface area (Å²) >= 11 is 0. The van der Waals surface area contributed by atoms with Gasteiger partial charge in [0.15, 0.2) is 0 Å². The average Bonchev–Trinajstić information content (AvgIpc) is 2.33. The number of hydrogen-bond donors (Lipinski definition) is 0. The van der Waals surface area contributed by atoms with Gasteiger partial charge in [-0.15, -0.1) is 0 Å². The van der Waals surface area contributed by atoms with Crippen LogP contribution in [-0.4, -0.2) is 24.5 Å². The maximum Gasteiger partial charge on any atom is -0.00160 e. The topological polar surface area (TPSA) is 3.24 Å². The van der Waals surface area contributed by atoms with Crippen molar-refractivity contribution < 1.29 is 0 Å². The minimum Gasteiger partial charge on any atom is -0.303 e. The lowest BCUT2D eigenvalue weighted by molar-refractivity contribution is 0.156. The Morgan fingerprint density at radius 2 is 1.62 bits per heavy atom. The molecule has 0 aromatic carbocycles. The summed E-state index contributed by atoms with van der Waals surface area (Å²) in [5, 5.41) is 0. The summed E-state index contributed by atoms with van der Waals surface area (Å²) in [4.78, 5) is 2.66. The predicted molar refractivity (Wildman–Crippen MR) is 74.9 cm³/mol. The van der Waals surface area contributed by atoms with Gasteiger partial charge in [-0.05, 0) is 50.7 Å². The lowest BCUT2D eigenvalue weighted by atomic mass is 9.87. The van der Waals surface area contributed by atoms with Crippen LogP contribution in [0.15, 0.2) is 0 Å². The number of piperidine rings is 1. The van der Waals surface area contributed by atoms with Crippen molar-refractivity contribution in [1.82, 2.24) is 4.90 Å². The molecule has 1 nitrogen and oxygen atoms in total. The third-order valence-electron chi connectivity index (χ3n) is 3.65. The van der Waals surface area contributed by atoms with E-state index in [2.05, 4.69) is 25.7 Å². The molecule has 0 N–H and O–H groups in total. The van der Waals surface area contributed by atoms with Crippen LogP contribution < -0.4 is 0 Å². The standard InChI is InChI=1S/C13H27N.C2H6/c1-4-5-6-9-14-10-7-13(8-11-14)12(2)3;1-2/h12-13H,4-11H2,1-3H3;1-2H3. The third kappa shape index (κ3) is 6.52. The van der Waals surface area contributed by atoms with Crippen molar-refractivity contribution in [3.8, 4) is 0 Å². The molecular weight excluding hydrogens is 194 g/mol. The van der Waals surface area contributed by atoms with E-state index in [0.29, 0.717) is 0 Å². The molecule has 1 aliphatic heterocycles. The van der Waals surface area contributed by atoms with Crippen molar-refractivity contribution in [1.29, 1.82) is 0 Å². The van der Waals surface area contributed by atoms with Crippen LogP contribution in [-0.2, 0) is 0 Å². The Morgan fingerprint density at radius 1 is 1.06 bits per heavy atom. The molecular formula is C15H33N. The molecule has 1 saturated heterocycles. The van der Waals surface area contributed by atoms with Crippen molar-refractivity contribution >= 4 is 0 Å². The Morgan fingerprint density at radius 3 is 2.06 bits per heavy atom. The number of unbranched alkanes of at least 4 members (excludes halogenated alkanes) is 2. The van der Waals surface area contributed by atoms with E-state index in [4.69, 9.17) is 0 Å². The second-order valence-corrected chi connectivity index (χ2v) is 5.13. The number of hydrogen-bond acceptors (Lipinski definition) is 1. The second-order valence-electron chi connectivity index (χ2n) is 5.13. The Bertz CT molecular complexity index is 134. The summed E-state index contributed by atoms with van der Waals surface area (Å²) in [6.07, 6.45) is 7.03. The highest BCUT2D eigenvalue weighted by molar-refractivity contribution is 4.73. The van der Waals surface area contributed by atoms with Gasteiger partial charge in [0.2, 0.25) is 0 Å². The van der Waals surface area contributed by atoms with Gasteiger partial charge in [-0.3, -0.25) is 0 Å². The fourth-order valence-corrected chi connectivity index (χ4v) is 2.43. The molecule has 1 heteroatoms. The van der Waals surface area contributed by atoms with Crippen molar-refractivity contribution in [2.45, 2.75) is 66.7 Å². The maximum absolute atomic E-state index is 2.66. The first-order valence-corrected chi connectivity index (χ1v) is 7.46. The summed E-state index contributed by atoms with van der Waals surface area (Å²) in [6, 6.07) is 0. The van der Waals surface area contributed by atoms with Gasteiger partial charge in [0.25, 0.3) is 0 Å². The van der Waals surface area contributed by atoms with Crippen LogP contribution in [0.25, 0.3) is 0 Å². The summed E-state index contributed by atoms with van der Waals surface area (Å²) < 4.78 is 0. The van der Waals surface area contributed by atoms with Gasteiger partial charge in [-0.1, -0.05) is 47.5 Å². The SMILES string of the molecule is CC.CCCCCN1CCC(C(C)C)CC1. The van der Waals surface area contributed by atoms with Gasteiger partial charge in [-0.25, -0.2) is 0 Å². The van der Waals surface area contributed by atoms with Crippen molar-refractivity contribution in [3.63, 3.8) is 0 Å². The Kier molecular flexibility index (Phi) is 10.1. The highest BCUT2D eigenvalue weighted by Crippen LogP contribution is 2.24. The van der Waals surface area contributed by atoms with Crippen LogP contribution in [0, 0.1) is 11.8 Å². The van der Waals surface area contributed by atoms with Crippen molar-refractivity contribution in [3.05, 3.63) is 0 Å². The van der Waals surface area contributed by atoms with Crippen LogP contribution in [0.1, 0.15) is 66.7 Å². The van der Waals surface area contributed by atoms with Gasteiger partial charge in [0.1, 0.15) is 0 Å². The first-order valence-electron chi connectivity index (χ1n) is 7.46. The first-order chi connectivity index (χ1) is 7.74. The van der Waals surface area contributed by atoms with Crippen LogP contribution in [0.3, 0.4) is 0 Å². The van der Waals surface area contributed by atoms with Gasteiger partial charge in [0, 0.05) is 0 Å². The molecule has 0 radical (unpaired) electrons. The normalized spacial score (nSPS) is 18.4. The van der Waals surface area contributed by atoms with E-state index in [-0.39, 0.29) is 0 Å². The Hall–Kier alpha value is -0.0400. The summed E-state index contributed by atoms with van der Waals surface area (Å²) in [7, 11) is 0. The fraction of sp³-hybridized carbons (Fsp3) is 1.00. The molecule has 16 heavy (non-hydrogen) atoms. The van der Waals surface area contributed by atoms with Gasteiger partial charge < -0.3 is 4.90 Å². The van der Waals surface area contributed by atoms with Crippen LogP contribution in [0.2, 0.25) is 0 Å². The summed E-state index contributed by atoms with van der Waals surface area (Å²) in [6.45, 7) is 15.1. The fourth-order valence-electron chi connectivity index (χ4n) is 2.43. The van der Waals surface area contributed by atoms with Gasteiger partial charge in [0.05, 0.1) is 0 Å². The monoisotopic (exact) mass is 227 g/mol. The highest BCUT2D eigenvalue weighted by Gasteiger charge is 2.20. The zero-order valence-corrected chi connectivity index (χ0v) is 12.3. The van der Waals surface area contributed by atoms with E-state index in [0.717, 1.165) is 11.8 Å². The molecule has 0 spiro atoms. The molecule has 1 aliphatic rings. The maximum atomic E-state index is 2.66. The molecule has 1 rings (SSSR count). The zero-order chi connectivity index (χ0) is 12.4. The lowest BCUT2D eigenvalue weighted by Crippen LogP contribution is -2.35. The van der Waals surface area contributed by atoms with Crippen LogP contribution in [0.5, 0.6) is 0 Å². The molecule has 98 valence electrons. The first kappa shape index (κ1) is 16.0. The number of nitrogens with zero attached hydrogens (tertiary/aromatic N) is 1. The van der Waals surface area contributed by atoms with E-state index < -0.39 is 0 Å². The van der Waals surface area contributed by atoms with Gasteiger partial charge in [-0.2, -0.15) is 0 Å². The second kappa shape index (κ2) is 10.1. The quantitative estimate of drug-likeness (QED) is 0.622. The van der Waals surface area contributed by atoms with Crippen LogP contribution >= 0.6 is 0 Å². The minimum absolute atomic E-state index is 0.896. The highest BCUT2D eigenvalue weighted by atomic mass is 15.1. The molecule has 0 aromatic heterocycles. The average molecular weight is 227 g/mol. The Labute approximate surface area is 104 Å². The lowest BCUT2D eigenvalue weighted by Gasteiger charge is -2.33. The van der Waals surface area contributed by atoms with Crippen LogP contribution in [0.4, 0.5) is 0 Å². The Balaban J connectivity index is 0.00000106. The minimum atomic E-state index is 0.896. The van der Waals surface area contributed by atoms with Crippen molar-refractivity contribution in [2.75, 3.05) is 19.6 Å². The largest absolute Gasteiger partial charge is 0.303 e. The molecule has 0 aliphatic carbocycles.